The van der Waals surface area contributed by atoms with Crippen molar-refractivity contribution in [2.45, 2.75) is 25.3 Å². The van der Waals surface area contributed by atoms with Crippen molar-refractivity contribution in [2.75, 3.05) is 14.2 Å². The molecule has 3 heteroatoms. The second-order valence-electron chi connectivity index (χ2n) is 4.45. The number of benzene rings is 1. The molecule has 0 aliphatic heterocycles. The summed E-state index contributed by atoms with van der Waals surface area (Å²) in [5, 5.41) is 0. The van der Waals surface area contributed by atoms with E-state index in [9.17, 15) is 0 Å². The Morgan fingerprint density at radius 3 is 2.56 bits per heavy atom. The fourth-order valence-electron chi connectivity index (χ4n) is 2.36. The van der Waals surface area contributed by atoms with Gasteiger partial charge in [-0.3, -0.25) is 0 Å². The molecule has 3 atom stereocenters. The number of rotatable bonds is 4. The third-order valence-corrected chi connectivity index (χ3v) is 3.35. The van der Waals surface area contributed by atoms with Gasteiger partial charge < -0.3 is 15.2 Å². The van der Waals surface area contributed by atoms with Crippen molar-refractivity contribution in [3.05, 3.63) is 23.8 Å². The van der Waals surface area contributed by atoms with Crippen LogP contribution in [0.3, 0.4) is 0 Å². The SMILES string of the molecule is COc1cccc([C@H]2C[C@@H]2[C@@H](C)N)c1OC. The molecule has 0 saturated heterocycles. The fraction of sp³-hybridized carbons (Fsp3) is 0.538. The highest BCUT2D eigenvalue weighted by molar-refractivity contribution is 5.50. The van der Waals surface area contributed by atoms with E-state index < -0.39 is 0 Å². The maximum atomic E-state index is 5.92. The molecular weight excluding hydrogens is 202 g/mol. The maximum absolute atomic E-state index is 5.92. The lowest BCUT2D eigenvalue weighted by molar-refractivity contribution is 0.351. The van der Waals surface area contributed by atoms with Crippen molar-refractivity contribution >= 4 is 0 Å². The van der Waals surface area contributed by atoms with Crippen LogP contribution >= 0.6 is 0 Å². The van der Waals surface area contributed by atoms with Crippen LogP contribution in [0.4, 0.5) is 0 Å². The van der Waals surface area contributed by atoms with E-state index >= 15 is 0 Å². The minimum atomic E-state index is 0.251. The first-order valence-corrected chi connectivity index (χ1v) is 5.65. The van der Waals surface area contributed by atoms with E-state index in [1.165, 1.54) is 5.56 Å². The van der Waals surface area contributed by atoms with Gasteiger partial charge in [0.15, 0.2) is 11.5 Å². The zero-order valence-corrected chi connectivity index (χ0v) is 10.1. The molecular formula is C13H19NO2. The van der Waals surface area contributed by atoms with Crippen molar-refractivity contribution in [1.29, 1.82) is 0 Å². The highest BCUT2D eigenvalue weighted by Crippen LogP contribution is 2.53. The van der Waals surface area contributed by atoms with E-state index in [0.717, 1.165) is 17.9 Å². The summed E-state index contributed by atoms with van der Waals surface area (Å²) in [5.41, 5.74) is 7.14. The van der Waals surface area contributed by atoms with Crippen LogP contribution in [0.1, 0.15) is 24.8 Å². The van der Waals surface area contributed by atoms with Crippen LogP contribution in [0.2, 0.25) is 0 Å². The van der Waals surface area contributed by atoms with Crippen LogP contribution in [-0.4, -0.2) is 20.3 Å². The summed E-state index contributed by atoms with van der Waals surface area (Å²) < 4.78 is 10.7. The third kappa shape index (κ3) is 1.87. The minimum Gasteiger partial charge on any atom is -0.493 e. The first-order valence-electron chi connectivity index (χ1n) is 5.65. The number of hydrogen-bond donors (Lipinski definition) is 1. The van der Waals surface area contributed by atoms with Crippen LogP contribution in [-0.2, 0) is 0 Å². The van der Waals surface area contributed by atoms with E-state index in [2.05, 4.69) is 13.0 Å². The Morgan fingerprint density at radius 2 is 2.06 bits per heavy atom. The minimum absolute atomic E-state index is 0.251. The number of methoxy groups -OCH3 is 2. The second kappa shape index (κ2) is 4.34. The predicted molar refractivity (Wildman–Crippen MR) is 64.0 cm³/mol. The zero-order valence-electron chi connectivity index (χ0n) is 10.1. The first kappa shape index (κ1) is 11.3. The lowest BCUT2D eigenvalue weighted by Crippen LogP contribution is -2.18. The van der Waals surface area contributed by atoms with Gasteiger partial charge in [-0.25, -0.2) is 0 Å². The summed E-state index contributed by atoms with van der Waals surface area (Å²) in [4.78, 5) is 0. The van der Waals surface area contributed by atoms with Gasteiger partial charge in [0.2, 0.25) is 0 Å². The van der Waals surface area contributed by atoms with Gasteiger partial charge in [0.1, 0.15) is 0 Å². The van der Waals surface area contributed by atoms with E-state index in [0.29, 0.717) is 11.8 Å². The first-order chi connectivity index (χ1) is 7.69. The molecule has 1 fully saturated rings. The Balaban J connectivity index is 2.28. The molecule has 1 aliphatic carbocycles. The molecule has 1 aromatic rings. The average molecular weight is 221 g/mol. The highest BCUT2D eigenvalue weighted by Gasteiger charge is 2.42. The molecule has 0 heterocycles. The Bertz CT molecular complexity index is 376. The van der Waals surface area contributed by atoms with Crippen LogP contribution < -0.4 is 15.2 Å². The molecule has 2 N–H and O–H groups in total. The lowest BCUT2D eigenvalue weighted by Gasteiger charge is -2.13. The lowest BCUT2D eigenvalue weighted by atomic mass is 10.0. The monoisotopic (exact) mass is 221 g/mol. The molecule has 1 aliphatic rings. The molecule has 16 heavy (non-hydrogen) atoms. The molecule has 1 saturated carbocycles. The second-order valence-corrected chi connectivity index (χ2v) is 4.45. The molecule has 2 rings (SSSR count). The van der Waals surface area contributed by atoms with Crippen molar-refractivity contribution in [3.63, 3.8) is 0 Å². The number of hydrogen-bond acceptors (Lipinski definition) is 3. The predicted octanol–water partition coefficient (Wildman–Crippen LogP) is 2.15. The third-order valence-electron chi connectivity index (χ3n) is 3.35. The van der Waals surface area contributed by atoms with Gasteiger partial charge in [0, 0.05) is 11.6 Å². The molecule has 0 aromatic heterocycles. The van der Waals surface area contributed by atoms with E-state index in [-0.39, 0.29) is 6.04 Å². The van der Waals surface area contributed by atoms with Gasteiger partial charge in [-0.1, -0.05) is 12.1 Å². The van der Waals surface area contributed by atoms with Gasteiger partial charge >= 0.3 is 0 Å². The van der Waals surface area contributed by atoms with Gasteiger partial charge in [0.05, 0.1) is 14.2 Å². The molecule has 0 bridgehead atoms. The molecule has 88 valence electrons. The smallest absolute Gasteiger partial charge is 0.164 e. The van der Waals surface area contributed by atoms with Crippen LogP contribution in [0, 0.1) is 5.92 Å². The molecule has 1 aromatic carbocycles. The summed E-state index contributed by atoms with van der Waals surface area (Å²) in [6.07, 6.45) is 1.15. The highest BCUT2D eigenvalue weighted by atomic mass is 16.5. The summed E-state index contributed by atoms with van der Waals surface area (Å²) in [6, 6.07) is 6.29. The molecule has 0 amide bonds. The average Bonchev–Trinajstić information content (AvgIpc) is 3.07. The van der Waals surface area contributed by atoms with Crippen molar-refractivity contribution in [1.82, 2.24) is 0 Å². The normalized spacial score (nSPS) is 25.0. The zero-order chi connectivity index (χ0) is 11.7. The Hall–Kier alpha value is -1.22. The van der Waals surface area contributed by atoms with Crippen molar-refractivity contribution in [3.8, 4) is 11.5 Å². The Morgan fingerprint density at radius 1 is 1.31 bits per heavy atom. The number of nitrogens with two attached hydrogens (primary N) is 1. The van der Waals surface area contributed by atoms with Gasteiger partial charge in [-0.2, -0.15) is 0 Å². The Kier molecular flexibility index (Phi) is 3.06. The Labute approximate surface area is 96.5 Å². The summed E-state index contributed by atoms with van der Waals surface area (Å²) in [7, 11) is 3.35. The standard InChI is InChI=1S/C13H19NO2/c1-8(14)10-7-11(10)9-5-4-6-12(15-2)13(9)16-3/h4-6,8,10-11H,7,14H2,1-3H3/t8-,10-,11-/m1/s1. The van der Waals surface area contributed by atoms with Crippen molar-refractivity contribution in [2.24, 2.45) is 11.7 Å². The molecule has 3 nitrogen and oxygen atoms in total. The molecule has 0 radical (unpaired) electrons. The maximum Gasteiger partial charge on any atom is 0.164 e. The van der Waals surface area contributed by atoms with Crippen LogP contribution in [0.5, 0.6) is 11.5 Å². The van der Waals surface area contributed by atoms with Crippen molar-refractivity contribution < 1.29 is 9.47 Å². The fourth-order valence-corrected chi connectivity index (χ4v) is 2.36. The van der Waals surface area contributed by atoms with E-state index in [1.54, 1.807) is 14.2 Å². The molecule has 0 unspecified atom stereocenters. The number of ether oxygens (including phenoxy) is 2. The number of para-hydroxylation sites is 1. The van der Waals surface area contributed by atoms with Gasteiger partial charge in [-0.05, 0) is 31.2 Å². The van der Waals surface area contributed by atoms with Crippen LogP contribution in [0.15, 0.2) is 18.2 Å². The van der Waals surface area contributed by atoms with Crippen LogP contribution in [0.25, 0.3) is 0 Å². The van der Waals surface area contributed by atoms with Gasteiger partial charge in [-0.15, -0.1) is 0 Å². The van der Waals surface area contributed by atoms with E-state index in [4.69, 9.17) is 15.2 Å². The van der Waals surface area contributed by atoms with Gasteiger partial charge in [0.25, 0.3) is 0 Å². The quantitative estimate of drug-likeness (QED) is 0.847. The van der Waals surface area contributed by atoms with E-state index in [1.807, 2.05) is 12.1 Å². The largest absolute Gasteiger partial charge is 0.493 e. The topological polar surface area (TPSA) is 44.5 Å². The molecule has 0 spiro atoms. The summed E-state index contributed by atoms with van der Waals surface area (Å²) in [6.45, 7) is 2.07. The summed E-state index contributed by atoms with van der Waals surface area (Å²) >= 11 is 0. The summed E-state index contributed by atoms with van der Waals surface area (Å²) in [5.74, 6) is 2.78.